The van der Waals surface area contributed by atoms with Crippen LogP contribution in [-0.2, 0) is 9.59 Å². The highest BCUT2D eigenvalue weighted by atomic mass is 35.5. The summed E-state index contributed by atoms with van der Waals surface area (Å²) in [6.45, 7) is 0. The molecule has 0 amide bonds. The third-order valence-corrected chi connectivity index (χ3v) is 0.796. The van der Waals surface area contributed by atoms with Crippen molar-refractivity contribution in [2.75, 3.05) is 5.88 Å². The van der Waals surface area contributed by atoms with Crippen molar-refractivity contribution >= 4 is 23.4 Å². The summed E-state index contributed by atoms with van der Waals surface area (Å²) in [6.07, 6.45) is -0.469. The van der Waals surface area contributed by atoms with E-state index < -0.39 is 18.2 Å². The second kappa shape index (κ2) is 5.53. The van der Waals surface area contributed by atoms with E-state index >= 15 is 0 Å². The molecule has 0 rings (SSSR count). The molecule has 0 aromatic rings. The minimum absolute atomic E-state index is 0. The second-order valence-corrected chi connectivity index (χ2v) is 1.51. The molecule has 54 valence electrons. The summed E-state index contributed by atoms with van der Waals surface area (Å²) >= 11 is 4.98. The fourth-order valence-corrected chi connectivity index (χ4v) is 0.310. The van der Waals surface area contributed by atoms with Crippen LogP contribution in [0.3, 0.4) is 0 Å². The number of hydrogen-bond acceptors (Lipinski definition) is 3. The molecule has 0 saturated heterocycles. The van der Waals surface area contributed by atoms with Crippen LogP contribution >= 0.6 is 11.6 Å². The maximum atomic E-state index is 10.1. The normalized spacial score (nSPS) is 7.67. The van der Waals surface area contributed by atoms with Gasteiger partial charge in [-0.2, -0.15) is 0 Å². The van der Waals surface area contributed by atoms with Gasteiger partial charge >= 0.3 is 5.97 Å². The standard InChI is InChI=1S/C4H5ClO3.H3N/c5-2-3(6)1-4(7)8;/h1-2H2,(H,7,8);1H3. The Kier molecular flexibility index (Phi) is 6.89. The summed E-state index contributed by atoms with van der Waals surface area (Å²) in [7, 11) is 0. The van der Waals surface area contributed by atoms with Crippen molar-refractivity contribution in [3.63, 3.8) is 0 Å². The molecule has 0 aromatic heterocycles. The Morgan fingerprint density at radius 3 is 2.00 bits per heavy atom. The van der Waals surface area contributed by atoms with E-state index in [0.29, 0.717) is 0 Å². The molecule has 9 heavy (non-hydrogen) atoms. The summed E-state index contributed by atoms with van der Waals surface area (Å²) in [4.78, 5) is 19.8. The Hall–Kier alpha value is -0.610. The van der Waals surface area contributed by atoms with Gasteiger partial charge in [-0.1, -0.05) is 0 Å². The number of halogens is 1. The Morgan fingerprint density at radius 1 is 1.44 bits per heavy atom. The van der Waals surface area contributed by atoms with Crippen LogP contribution in [0.2, 0.25) is 0 Å². The van der Waals surface area contributed by atoms with Crippen molar-refractivity contribution in [2.45, 2.75) is 6.42 Å². The number of carbonyl (C=O) groups excluding carboxylic acids is 1. The molecule has 0 spiro atoms. The lowest BCUT2D eigenvalue weighted by atomic mass is 10.3. The maximum Gasteiger partial charge on any atom is 0.310 e. The van der Waals surface area contributed by atoms with Gasteiger partial charge in [0.05, 0.1) is 5.88 Å². The van der Waals surface area contributed by atoms with E-state index in [1.807, 2.05) is 0 Å². The first-order chi connectivity index (χ1) is 3.66. The van der Waals surface area contributed by atoms with Gasteiger partial charge in [-0.15, -0.1) is 11.6 Å². The highest BCUT2D eigenvalue weighted by Crippen LogP contribution is 1.84. The second-order valence-electron chi connectivity index (χ2n) is 1.24. The van der Waals surface area contributed by atoms with Gasteiger partial charge in [0, 0.05) is 0 Å². The highest BCUT2D eigenvalue weighted by Gasteiger charge is 2.03. The van der Waals surface area contributed by atoms with Crippen molar-refractivity contribution in [2.24, 2.45) is 0 Å². The molecule has 0 heterocycles. The van der Waals surface area contributed by atoms with E-state index in [0.717, 1.165) is 0 Å². The van der Waals surface area contributed by atoms with Crippen molar-refractivity contribution in [1.82, 2.24) is 6.15 Å². The van der Waals surface area contributed by atoms with Crippen LogP contribution in [0.1, 0.15) is 6.42 Å². The molecule has 4 nitrogen and oxygen atoms in total. The molecule has 0 radical (unpaired) electrons. The van der Waals surface area contributed by atoms with E-state index in [1.54, 1.807) is 0 Å². The largest absolute Gasteiger partial charge is 0.481 e. The van der Waals surface area contributed by atoms with Crippen LogP contribution in [0, 0.1) is 0 Å². The molecule has 0 aromatic carbocycles. The number of ketones is 1. The number of rotatable bonds is 3. The Labute approximate surface area is 57.4 Å². The molecule has 0 unspecified atom stereocenters. The van der Waals surface area contributed by atoms with E-state index in [2.05, 4.69) is 0 Å². The van der Waals surface area contributed by atoms with Crippen LogP contribution in [0.4, 0.5) is 0 Å². The average molecular weight is 154 g/mol. The zero-order valence-corrected chi connectivity index (χ0v) is 5.52. The minimum Gasteiger partial charge on any atom is -0.481 e. The number of aliphatic carboxylic acids is 1. The molecule has 0 saturated carbocycles. The van der Waals surface area contributed by atoms with Gasteiger partial charge in [0.15, 0.2) is 5.78 Å². The van der Waals surface area contributed by atoms with Crippen LogP contribution in [-0.4, -0.2) is 22.7 Å². The molecular weight excluding hydrogens is 146 g/mol. The van der Waals surface area contributed by atoms with Crippen molar-refractivity contribution in [1.29, 1.82) is 0 Å². The van der Waals surface area contributed by atoms with Gasteiger partial charge in [0.2, 0.25) is 0 Å². The average Bonchev–Trinajstić information content (AvgIpc) is 1.65. The van der Waals surface area contributed by atoms with E-state index in [9.17, 15) is 9.59 Å². The lowest BCUT2D eigenvalue weighted by molar-refractivity contribution is -0.139. The van der Waals surface area contributed by atoms with Crippen LogP contribution in [0.15, 0.2) is 0 Å². The summed E-state index contributed by atoms with van der Waals surface area (Å²) in [6, 6.07) is 0. The number of carbonyl (C=O) groups is 2. The van der Waals surface area contributed by atoms with Gasteiger partial charge in [-0.05, 0) is 0 Å². The molecule has 4 N–H and O–H groups in total. The molecular formula is C4H8ClNO3. The fraction of sp³-hybridized carbons (Fsp3) is 0.500. The SMILES string of the molecule is N.O=C(O)CC(=O)CCl. The monoisotopic (exact) mass is 153 g/mol. The summed E-state index contributed by atoms with van der Waals surface area (Å²) in [5.41, 5.74) is 0. The first-order valence-electron chi connectivity index (χ1n) is 1.96. The molecule has 0 fully saturated rings. The first-order valence-corrected chi connectivity index (χ1v) is 2.49. The van der Waals surface area contributed by atoms with Crippen molar-refractivity contribution in [3.05, 3.63) is 0 Å². The minimum atomic E-state index is -1.13. The molecule has 5 heteroatoms. The fourth-order valence-electron chi connectivity index (χ4n) is 0.216. The zero-order chi connectivity index (χ0) is 6.57. The smallest absolute Gasteiger partial charge is 0.310 e. The van der Waals surface area contributed by atoms with Gasteiger partial charge in [0.25, 0.3) is 0 Å². The number of Topliss-reactive ketones (excluding diaryl/α,β-unsaturated/α-hetero) is 1. The van der Waals surface area contributed by atoms with E-state index in [4.69, 9.17) is 16.7 Å². The summed E-state index contributed by atoms with van der Waals surface area (Å²) in [5, 5.41) is 7.94. The number of alkyl halides is 1. The third-order valence-electron chi connectivity index (χ3n) is 0.497. The van der Waals surface area contributed by atoms with Crippen LogP contribution < -0.4 is 6.15 Å². The predicted octanol–water partition coefficient (Wildman–Crippen LogP) is 0.431. The van der Waals surface area contributed by atoms with Gasteiger partial charge in [-0.3, -0.25) is 9.59 Å². The van der Waals surface area contributed by atoms with E-state index in [1.165, 1.54) is 0 Å². The van der Waals surface area contributed by atoms with Crippen LogP contribution in [0.5, 0.6) is 0 Å². The molecule has 0 atom stereocenters. The Balaban J connectivity index is 0. The number of hydrogen-bond donors (Lipinski definition) is 2. The lowest BCUT2D eigenvalue weighted by Gasteiger charge is -1.85. The van der Waals surface area contributed by atoms with Crippen molar-refractivity contribution in [3.8, 4) is 0 Å². The highest BCUT2D eigenvalue weighted by molar-refractivity contribution is 6.28. The maximum absolute atomic E-state index is 10.1. The third kappa shape index (κ3) is 7.39. The zero-order valence-electron chi connectivity index (χ0n) is 4.76. The lowest BCUT2D eigenvalue weighted by Crippen LogP contribution is -2.06. The quantitative estimate of drug-likeness (QED) is 0.455. The molecule has 0 bridgehead atoms. The predicted molar refractivity (Wildman–Crippen MR) is 33.0 cm³/mol. The first kappa shape index (κ1) is 11.2. The molecule has 0 aliphatic heterocycles. The topological polar surface area (TPSA) is 89.4 Å². The van der Waals surface area contributed by atoms with Gasteiger partial charge in [-0.25, -0.2) is 0 Å². The van der Waals surface area contributed by atoms with E-state index in [-0.39, 0.29) is 12.0 Å². The Bertz CT molecular complexity index is 114. The summed E-state index contributed by atoms with van der Waals surface area (Å²) < 4.78 is 0. The number of carboxylic acids is 1. The van der Waals surface area contributed by atoms with Gasteiger partial charge < -0.3 is 11.3 Å². The molecule has 0 aliphatic rings. The number of carboxylic acid groups (broad SMARTS) is 1. The van der Waals surface area contributed by atoms with Crippen molar-refractivity contribution < 1.29 is 14.7 Å². The Morgan fingerprint density at radius 2 is 1.89 bits per heavy atom. The summed E-state index contributed by atoms with van der Waals surface area (Å²) in [5.74, 6) is -1.80. The van der Waals surface area contributed by atoms with Gasteiger partial charge in [0.1, 0.15) is 6.42 Å². The molecule has 0 aliphatic carbocycles. The van der Waals surface area contributed by atoms with Crippen LogP contribution in [0.25, 0.3) is 0 Å².